The van der Waals surface area contributed by atoms with E-state index in [0.29, 0.717) is 0 Å². The molecule has 0 fully saturated rings. The number of furan rings is 1. The maximum atomic E-state index is 12.2. The van der Waals surface area contributed by atoms with Crippen molar-refractivity contribution in [2.75, 3.05) is 0 Å². The van der Waals surface area contributed by atoms with Gasteiger partial charge in [0.15, 0.2) is 0 Å². The van der Waals surface area contributed by atoms with Gasteiger partial charge < -0.3 is 9.52 Å². The van der Waals surface area contributed by atoms with E-state index >= 15 is 0 Å². The van der Waals surface area contributed by atoms with Crippen LogP contribution in [0.1, 0.15) is 17.1 Å². The molecule has 1 aromatic carbocycles. The number of rotatable bonds is 5. The first-order valence-electron chi connectivity index (χ1n) is 5.86. The van der Waals surface area contributed by atoms with Crippen LogP contribution in [0.25, 0.3) is 0 Å². The van der Waals surface area contributed by atoms with Crippen LogP contribution < -0.4 is 4.72 Å². The van der Waals surface area contributed by atoms with E-state index in [1.54, 1.807) is 6.92 Å². The van der Waals surface area contributed by atoms with Gasteiger partial charge in [0.25, 0.3) is 0 Å². The summed E-state index contributed by atoms with van der Waals surface area (Å²) in [6, 6.07) is 8.70. The fourth-order valence-electron chi connectivity index (χ4n) is 1.77. The quantitative estimate of drug-likeness (QED) is 0.858. The van der Waals surface area contributed by atoms with Crippen LogP contribution in [0.4, 0.5) is 0 Å². The standard InChI is InChI=1S/C13H14BrNO4S/c1-9-13(6-12(8-16)19-9)20(17,18)15-7-10-3-2-4-11(14)5-10/h2-6,15-16H,7-8H2,1H3. The summed E-state index contributed by atoms with van der Waals surface area (Å²) in [5.41, 5.74) is 0.839. The Morgan fingerprint density at radius 2 is 2.10 bits per heavy atom. The molecule has 7 heteroatoms. The zero-order valence-corrected chi connectivity index (χ0v) is 13.2. The van der Waals surface area contributed by atoms with Crippen molar-refractivity contribution in [3.8, 4) is 0 Å². The van der Waals surface area contributed by atoms with Crippen LogP contribution in [0, 0.1) is 6.92 Å². The second-order valence-corrected chi connectivity index (χ2v) is 6.90. The smallest absolute Gasteiger partial charge is 0.244 e. The van der Waals surface area contributed by atoms with E-state index in [4.69, 9.17) is 9.52 Å². The second kappa shape index (κ2) is 6.09. The van der Waals surface area contributed by atoms with Crippen LogP contribution in [0.5, 0.6) is 0 Å². The molecule has 0 aliphatic rings. The van der Waals surface area contributed by atoms with Gasteiger partial charge in [-0.15, -0.1) is 0 Å². The summed E-state index contributed by atoms with van der Waals surface area (Å²) in [6.45, 7) is 1.40. The third kappa shape index (κ3) is 3.49. The van der Waals surface area contributed by atoms with Gasteiger partial charge in [-0.2, -0.15) is 0 Å². The summed E-state index contributed by atoms with van der Waals surface area (Å²) < 4.78 is 32.9. The molecule has 0 spiro atoms. The van der Waals surface area contributed by atoms with Gasteiger partial charge in [0, 0.05) is 17.1 Å². The van der Waals surface area contributed by atoms with E-state index in [-0.39, 0.29) is 29.6 Å². The largest absolute Gasteiger partial charge is 0.462 e. The Bertz CT molecular complexity index is 709. The molecule has 0 radical (unpaired) electrons. The molecule has 20 heavy (non-hydrogen) atoms. The Balaban J connectivity index is 2.17. The highest BCUT2D eigenvalue weighted by Gasteiger charge is 2.20. The molecule has 1 heterocycles. The number of aryl methyl sites for hydroxylation is 1. The van der Waals surface area contributed by atoms with Crippen molar-refractivity contribution in [3.05, 3.63) is 51.9 Å². The van der Waals surface area contributed by atoms with Crippen molar-refractivity contribution in [2.45, 2.75) is 25.0 Å². The molecule has 0 saturated heterocycles. The fourth-order valence-corrected chi connectivity index (χ4v) is 3.44. The van der Waals surface area contributed by atoms with Gasteiger partial charge in [-0.05, 0) is 24.6 Å². The highest BCUT2D eigenvalue weighted by molar-refractivity contribution is 9.10. The van der Waals surface area contributed by atoms with E-state index in [1.807, 2.05) is 24.3 Å². The number of benzene rings is 1. The van der Waals surface area contributed by atoms with Crippen LogP contribution in [-0.2, 0) is 23.2 Å². The van der Waals surface area contributed by atoms with Gasteiger partial charge >= 0.3 is 0 Å². The molecule has 2 N–H and O–H groups in total. The lowest BCUT2D eigenvalue weighted by molar-refractivity contribution is 0.244. The number of nitrogens with one attached hydrogen (secondary N) is 1. The van der Waals surface area contributed by atoms with Gasteiger partial charge in [-0.1, -0.05) is 28.1 Å². The second-order valence-electron chi connectivity index (χ2n) is 4.25. The van der Waals surface area contributed by atoms with Crippen molar-refractivity contribution in [1.29, 1.82) is 0 Å². The maximum absolute atomic E-state index is 12.2. The lowest BCUT2D eigenvalue weighted by Gasteiger charge is -2.06. The highest BCUT2D eigenvalue weighted by atomic mass is 79.9. The van der Waals surface area contributed by atoms with E-state index in [0.717, 1.165) is 10.0 Å². The van der Waals surface area contributed by atoms with Crippen LogP contribution in [-0.4, -0.2) is 13.5 Å². The lowest BCUT2D eigenvalue weighted by Crippen LogP contribution is -2.23. The summed E-state index contributed by atoms with van der Waals surface area (Å²) in [5, 5.41) is 8.97. The lowest BCUT2D eigenvalue weighted by atomic mass is 10.2. The first kappa shape index (κ1) is 15.2. The average molecular weight is 360 g/mol. The summed E-state index contributed by atoms with van der Waals surface area (Å²) in [7, 11) is -3.66. The monoisotopic (exact) mass is 359 g/mol. The number of aliphatic hydroxyl groups is 1. The third-order valence-electron chi connectivity index (χ3n) is 2.72. The van der Waals surface area contributed by atoms with E-state index < -0.39 is 10.0 Å². The molecule has 0 unspecified atom stereocenters. The molecular formula is C13H14BrNO4S. The number of halogens is 1. The maximum Gasteiger partial charge on any atom is 0.244 e. The zero-order valence-electron chi connectivity index (χ0n) is 10.8. The number of sulfonamides is 1. The van der Waals surface area contributed by atoms with Crippen molar-refractivity contribution < 1.29 is 17.9 Å². The molecule has 1 aromatic heterocycles. The highest BCUT2D eigenvalue weighted by Crippen LogP contribution is 2.20. The topological polar surface area (TPSA) is 79.5 Å². The van der Waals surface area contributed by atoms with Gasteiger partial charge in [0.2, 0.25) is 10.0 Å². The molecule has 0 aliphatic carbocycles. The molecular weight excluding hydrogens is 346 g/mol. The van der Waals surface area contributed by atoms with Crippen LogP contribution in [0.2, 0.25) is 0 Å². The van der Waals surface area contributed by atoms with Crippen molar-refractivity contribution >= 4 is 26.0 Å². The average Bonchev–Trinajstić information content (AvgIpc) is 2.79. The summed E-state index contributed by atoms with van der Waals surface area (Å²) >= 11 is 3.33. The van der Waals surface area contributed by atoms with Gasteiger partial charge in [-0.3, -0.25) is 0 Å². The van der Waals surface area contributed by atoms with E-state index in [9.17, 15) is 8.42 Å². The van der Waals surface area contributed by atoms with Gasteiger partial charge in [0.1, 0.15) is 23.0 Å². The number of aliphatic hydroxyl groups excluding tert-OH is 1. The van der Waals surface area contributed by atoms with Crippen molar-refractivity contribution in [2.24, 2.45) is 0 Å². The number of hydrogen-bond acceptors (Lipinski definition) is 4. The predicted octanol–water partition coefficient (Wildman–Crippen LogP) is 2.32. The first-order valence-corrected chi connectivity index (χ1v) is 8.14. The van der Waals surface area contributed by atoms with E-state index in [2.05, 4.69) is 20.7 Å². The predicted molar refractivity (Wildman–Crippen MR) is 77.5 cm³/mol. The summed E-state index contributed by atoms with van der Waals surface area (Å²) in [6.07, 6.45) is 0. The Labute approximate surface area is 125 Å². The van der Waals surface area contributed by atoms with Crippen LogP contribution >= 0.6 is 15.9 Å². The minimum absolute atomic E-state index is 0.0524. The Hall–Kier alpha value is -1.15. The molecule has 2 rings (SSSR count). The molecule has 5 nitrogen and oxygen atoms in total. The molecule has 0 saturated carbocycles. The molecule has 0 aliphatic heterocycles. The summed E-state index contributed by atoms with van der Waals surface area (Å²) in [5.74, 6) is 0.487. The SMILES string of the molecule is Cc1oc(CO)cc1S(=O)(=O)NCc1cccc(Br)c1. The van der Waals surface area contributed by atoms with Crippen molar-refractivity contribution in [1.82, 2.24) is 4.72 Å². The Kier molecular flexibility index (Phi) is 4.64. The Morgan fingerprint density at radius 3 is 2.70 bits per heavy atom. The van der Waals surface area contributed by atoms with Gasteiger partial charge in [0.05, 0.1) is 0 Å². The van der Waals surface area contributed by atoms with Crippen LogP contribution in [0.3, 0.4) is 0 Å². The molecule has 0 bridgehead atoms. The fraction of sp³-hybridized carbons (Fsp3) is 0.231. The molecule has 0 atom stereocenters. The van der Waals surface area contributed by atoms with E-state index in [1.165, 1.54) is 6.07 Å². The molecule has 108 valence electrons. The molecule has 2 aromatic rings. The minimum atomic E-state index is -3.66. The summed E-state index contributed by atoms with van der Waals surface area (Å²) in [4.78, 5) is 0.0524. The number of hydrogen-bond donors (Lipinski definition) is 2. The van der Waals surface area contributed by atoms with Crippen LogP contribution in [0.15, 0.2) is 44.1 Å². The normalized spacial score (nSPS) is 11.8. The zero-order chi connectivity index (χ0) is 14.8. The Morgan fingerprint density at radius 1 is 1.35 bits per heavy atom. The van der Waals surface area contributed by atoms with Gasteiger partial charge in [-0.25, -0.2) is 13.1 Å². The first-order chi connectivity index (χ1) is 9.42. The van der Waals surface area contributed by atoms with Crippen molar-refractivity contribution in [3.63, 3.8) is 0 Å². The molecule has 0 amide bonds. The minimum Gasteiger partial charge on any atom is -0.462 e. The third-order valence-corrected chi connectivity index (χ3v) is 4.73.